The summed E-state index contributed by atoms with van der Waals surface area (Å²) in [6, 6.07) is 12.4. The Bertz CT molecular complexity index is 726. The zero-order valence-electron chi connectivity index (χ0n) is 12.1. The second-order valence-corrected chi connectivity index (χ2v) is 5.67. The van der Waals surface area contributed by atoms with E-state index in [2.05, 4.69) is 28.5 Å². The van der Waals surface area contributed by atoms with Gasteiger partial charge < -0.3 is 10.3 Å². The van der Waals surface area contributed by atoms with E-state index < -0.39 is 0 Å². The average Bonchev–Trinajstić information content (AvgIpc) is 3.16. The Balaban J connectivity index is 1.86. The topological polar surface area (TPSA) is 53.6 Å². The highest BCUT2D eigenvalue weighted by atomic mass is 15.0. The van der Waals surface area contributed by atoms with E-state index in [1.807, 2.05) is 25.1 Å². The number of aryl methyl sites for hydroxylation is 1. The third-order valence-corrected chi connectivity index (χ3v) is 4.13. The predicted octanol–water partition coefficient (Wildman–Crippen LogP) is 2.96. The molecule has 1 unspecified atom stereocenters. The molecule has 0 radical (unpaired) electrons. The van der Waals surface area contributed by atoms with Gasteiger partial charge in [-0.25, -0.2) is 9.97 Å². The fourth-order valence-corrected chi connectivity index (χ4v) is 3.09. The molecule has 1 fully saturated rings. The Morgan fingerprint density at radius 3 is 2.76 bits per heavy atom. The van der Waals surface area contributed by atoms with Gasteiger partial charge in [0.25, 0.3) is 0 Å². The number of benzene rings is 1. The number of nitrogens with zero attached hydrogens (tertiary/aromatic N) is 2. The molecule has 0 amide bonds. The first kappa shape index (κ1) is 12.5. The van der Waals surface area contributed by atoms with Crippen molar-refractivity contribution in [1.82, 2.24) is 20.3 Å². The van der Waals surface area contributed by atoms with E-state index in [4.69, 9.17) is 9.97 Å². The van der Waals surface area contributed by atoms with Crippen LogP contribution in [-0.2, 0) is 0 Å². The first-order valence-corrected chi connectivity index (χ1v) is 7.44. The lowest BCUT2D eigenvalue weighted by molar-refractivity contribution is 0.723. The Kier molecular flexibility index (Phi) is 2.97. The van der Waals surface area contributed by atoms with Gasteiger partial charge >= 0.3 is 0 Å². The molecule has 1 aromatic carbocycles. The lowest BCUT2D eigenvalue weighted by atomic mass is 10.0. The molecule has 0 aliphatic carbocycles. The predicted molar refractivity (Wildman–Crippen MR) is 83.4 cm³/mol. The van der Waals surface area contributed by atoms with Crippen molar-refractivity contribution < 1.29 is 0 Å². The van der Waals surface area contributed by atoms with E-state index in [9.17, 15) is 0 Å². The monoisotopic (exact) mass is 278 g/mol. The fraction of sp³-hybridized carbons (Fsp3) is 0.294. The summed E-state index contributed by atoms with van der Waals surface area (Å²) in [4.78, 5) is 12.9. The summed E-state index contributed by atoms with van der Waals surface area (Å²) in [5, 5.41) is 3.42. The number of H-pyrrole nitrogens is 1. The lowest BCUT2D eigenvalue weighted by Gasteiger charge is -2.12. The smallest absolute Gasteiger partial charge is 0.109 e. The van der Waals surface area contributed by atoms with Gasteiger partial charge in [-0.3, -0.25) is 0 Å². The lowest BCUT2D eigenvalue weighted by Crippen LogP contribution is -2.11. The highest BCUT2D eigenvalue weighted by Gasteiger charge is 2.25. The molecular weight excluding hydrogens is 260 g/mol. The second kappa shape index (κ2) is 4.97. The van der Waals surface area contributed by atoms with Crippen LogP contribution in [0.1, 0.15) is 23.9 Å². The quantitative estimate of drug-likeness (QED) is 0.757. The number of fused-ring (bicyclic) bond motifs is 1. The van der Waals surface area contributed by atoms with E-state index >= 15 is 0 Å². The third-order valence-electron chi connectivity index (χ3n) is 4.13. The zero-order chi connectivity index (χ0) is 14.2. The minimum absolute atomic E-state index is 0.472. The summed E-state index contributed by atoms with van der Waals surface area (Å²) in [6.07, 6.45) is 1.14. The molecule has 21 heavy (non-hydrogen) atoms. The molecule has 1 atom stereocenters. The first-order chi connectivity index (χ1) is 10.3. The van der Waals surface area contributed by atoms with Crippen LogP contribution in [0.2, 0.25) is 0 Å². The summed E-state index contributed by atoms with van der Waals surface area (Å²) in [7, 11) is 0. The van der Waals surface area contributed by atoms with Gasteiger partial charge in [-0.05, 0) is 26.0 Å². The molecule has 1 aromatic rings. The molecule has 3 aliphatic heterocycles. The van der Waals surface area contributed by atoms with Crippen LogP contribution in [0.3, 0.4) is 0 Å². The van der Waals surface area contributed by atoms with Gasteiger partial charge in [0.05, 0.1) is 17.1 Å². The second-order valence-electron chi connectivity index (χ2n) is 5.67. The maximum absolute atomic E-state index is 4.85. The van der Waals surface area contributed by atoms with E-state index in [-0.39, 0.29) is 0 Å². The van der Waals surface area contributed by atoms with E-state index in [1.165, 1.54) is 0 Å². The Labute approximate surface area is 124 Å². The highest BCUT2D eigenvalue weighted by Crippen LogP contribution is 2.34. The Hall–Kier alpha value is -2.20. The van der Waals surface area contributed by atoms with Crippen molar-refractivity contribution >= 4 is 0 Å². The normalized spacial score (nSPS) is 18.4. The number of hydrogen-bond acceptors (Lipinski definition) is 3. The number of nitrogens with one attached hydrogen (secondary N) is 2. The molecule has 3 aliphatic rings. The van der Waals surface area contributed by atoms with Crippen molar-refractivity contribution in [3.05, 3.63) is 47.9 Å². The molecule has 0 saturated carbocycles. The summed E-state index contributed by atoms with van der Waals surface area (Å²) in [5.41, 5.74) is 5.40. The third kappa shape index (κ3) is 2.21. The molecule has 4 rings (SSSR count). The highest BCUT2D eigenvalue weighted by molar-refractivity contribution is 5.72. The van der Waals surface area contributed by atoms with Gasteiger partial charge in [0.2, 0.25) is 0 Å². The average molecular weight is 278 g/mol. The van der Waals surface area contributed by atoms with Crippen LogP contribution in [0.15, 0.2) is 36.4 Å². The van der Waals surface area contributed by atoms with Gasteiger partial charge in [0.1, 0.15) is 11.5 Å². The van der Waals surface area contributed by atoms with E-state index in [1.54, 1.807) is 0 Å². The Morgan fingerprint density at radius 1 is 1.14 bits per heavy atom. The van der Waals surface area contributed by atoms with Crippen LogP contribution in [0, 0.1) is 6.92 Å². The van der Waals surface area contributed by atoms with Crippen LogP contribution in [0.5, 0.6) is 0 Å². The van der Waals surface area contributed by atoms with Crippen molar-refractivity contribution in [2.24, 2.45) is 0 Å². The molecule has 0 aromatic heterocycles. The molecule has 106 valence electrons. The van der Waals surface area contributed by atoms with Crippen LogP contribution < -0.4 is 5.32 Å². The molecule has 0 bridgehead atoms. The van der Waals surface area contributed by atoms with Crippen molar-refractivity contribution in [3.63, 3.8) is 0 Å². The number of aromatic nitrogens is 3. The van der Waals surface area contributed by atoms with Crippen molar-refractivity contribution in [3.8, 4) is 22.6 Å². The minimum atomic E-state index is 0.472. The van der Waals surface area contributed by atoms with E-state index in [0.29, 0.717) is 5.92 Å². The van der Waals surface area contributed by atoms with Gasteiger partial charge in [0.15, 0.2) is 0 Å². The van der Waals surface area contributed by atoms with Gasteiger partial charge in [-0.15, -0.1) is 0 Å². The molecular formula is C17H18N4. The van der Waals surface area contributed by atoms with E-state index in [0.717, 1.165) is 53.7 Å². The standard InChI is InChI=1S/C17H18N4/c1-11-19-15-9-14(12-5-3-2-4-6-12)21-17(15)16(20-11)13-7-8-18-10-13/h2-6,9,13,18H,7-8,10H2,1H3,(H,19,20). The maximum atomic E-state index is 4.85. The van der Waals surface area contributed by atoms with Gasteiger partial charge in [-0.1, -0.05) is 30.3 Å². The molecule has 3 heterocycles. The fourth-order valence-electron chi connectivity index (χ4n) is 3.09. The van der Waals surface area contributed by atoms with Gasteiger partial charge in [0, 0.05) is 18.0 Å². The van der Waals surface area contributed by atoms with Crippen LogP contribution in [0.25, 0.3) is 22.6 Å². The Morgan fingerprint density at radius 2 is 2.00 bits per heavy atom. The van der Waals surface area contributed by atoms with Crippen LogP contribution in [0.4, 0.5) is 0 Å². The summed E-state index contributed by atoms with van der Waals surface area (Å²) < 4.78 is 0. The summed E-state index contributed by atoms with van der Waals surface area (Å²) in [6.45, 7) is 4.08. The van der Waals surface area contributed by atoms with Crippen LogP contribution in [-0.4, -0.2) is 28.0 Å². The molecule has 4 nitrogen and oxygen atoms in total. The maximum Gasteiger partial charge on any atom is 0.109 e. The molecule has 0 spiro atoms. The van der Waals surface area contributed by atoms with Gasteiger partial charge in [-0.2, -0.15) is 0 Å². The SMILES string of the molecule is Cc1nc(C2CCNC2)c2nc(-c3ccccc3)cc-2[nH]1. The first-order valence-electron chi connectivity index (χ1n) is 7.44. The number of aromatic amines is 1. The van der Waals surface area contributed by atoms with Crippen molar-refractivity contribution in [2.45, 2.75) is 19.3 Å². The molecule has 1 saturated heterocycles. The van der Waals surface area contributed by atoms with Crippen molar-refractivity contribution in [2.75, 3.05) is 13.1 Å². The van der Waals surface area contributed by atoms with Crippen molar-refractivity contribution in [1.29, 1.82) is 0 Å². The molecule has 4 heteroatoms. The number of rotatable bonds is 2. The number of hydrogen-bond donors (Lipinski definition) is 2. The largest absolute Gasteiger partial charge is 0.342 e. The minimum Gasteiger partial charge on any atom is -0.342 e. The summed E-state index contributed by atoms with van der Waals surface area (Å²) >= 11 is 0. The molecule has 2 N–H and O–H groups in total. The summed E-state index contributed by atoms with van der Waals surface area (Å²) in [5.74, 6) is 1.43. The zero-order valence-corrected chi connectivity index (χ0v) is 12.1. The van der Waals surface area contributed by atoms with Crippen LogP contribution >= 0.6 is 0 Å².